The highest BCUT2D eigenvalue weighted by molar-refractivity contribution is 7.11. The summed E-state index contributed by atoms with van der Waals surface area (Å²) in [5.41, 5.74) is 1.24. The van der Waals surface area contributed by atoms with Gasteiger partial charge >= 0.3 is 0 Å². The number of aromatic nitrogens is 1. The van der Waals surface area contributed by atoms with Crippen molar-refractivity contribution >= 4 is 11.3 Å². The zero-order valence-corrected chi connectivity index (χ0v) is 12.1. The number of thiazole rings is 1. The molecule has 1 aromatic heterocycles. The summed E-state index contributed by atoms with van der Waals surface area (Å²) < 4.78 is 0. The summed E-state index contributed by atoms with van der Waals surface area (Å²) in [7, 11) is 0. The highest BCUT2D eigenvalue weighted by Crippen LogP contribution is 2.37. The van der Waals surface area contributed by atoms with Gasteiger partial charge in [-0.3, -0.25) is 0 Å². The van der Waals surface area contributed by atoms with Gasteiger partial charge in [0.05, 0.1) is 10.7 Å². The first-order valence-corrected chi connectivity index (χ1v) is 7.74. The molecular formula is C14H24N2S. The molecule has 1 aliphatic carbocycles. The number of nitrogens with one attached hydrogen (secondary N) is 1. The van der Waals surface area contributed by atoms with Gasteiger partial charge < -0.3 is 5.32 Å². The van der Waals surface area contributed by atoms with E-state index < -0.39 is 0 Å². The van der Waals surface area contributed by atoms with Gasteiger partial charge in [0.2, 0.25) is 0 Å². The van der Waals surface area contributed by atoms with Crippen molar-refractivity contribution in [3.63, 3.8) is 0 Å². The van der Waals surface area contributed by atoms with Crippen LogP contribution in [0.2, 0.25) is 0 Å². The van der Waals surface area contributed by atoms with Crippen molar-refractivity contribution in [1.82, 2.24) is 10.3 Å². The quantitative estimate of drug-likeness (QED) is 0.870. The maximum absolute atomic E-state index is 4.82. The molecule has 1 heterocycles. The van der Waals surface area contributed by atoms with Crippen molar-refractivity contribution in [2.75, 3.05) is 6.54 Å². The van der Waals surface area contributed by atoms with Gasteiger partial charge in [-0.2, -0.15) is 0 Å². The summed E-state index contributed by atoms with van der Waals surface area (Å²) in [6.07, 6.45) is 6.90. The van der Waals surface area contributed by atoms with Gasteiger partial charge in [0.25, 0.3) is 0 Å². The van der Waals surface area contributed by atoms with Crippen LogP contribution in [-0.2, 0) is 0 Å². The van der Waals surface area contributed by atoms with Crippen molar-refractivity contribution in [2.24, 2.45) is 0 Å². The lowest BCUT2D eigenvalue weighted by molar-refractivity contribution is 0.442. The number of nitrogens with zero attached hydrogens (tertiary/aromatic N) is 1. The van der Waals surface area contributed by atoms with Crippen LogP contribution in [0.1, 0.15) is 73.5 Å². The first kappa shape index (κ1) is 13.0. The second kappa shape index (κ2) is 5.96. The summed E-state index contributed by atoms with van der Waals surface area (Å²) >= 11 is 1.94. The van der Waals surface area contributed by atoms with E-state index in [0.717, 1.165) is 12.5 Å². The van der Waals surface area contributed by atoms with Crippen LogP contribution in [0, 0.1) is 6.92 Å². The summed E-state index contributed by atoms with van der Waals surface area (Å²) in [6, 6.07) is 0.454. The van der Waals surface area contributed by atoms with Crippen LogP contribution >= 0.6 is 11.3 Å². The molecule has 1 aliphatic rings. The van der Waals surface area contributed by atoms with E-state index in [1.54, 1.807) is 0 Å². The summed E-state index contributed by atoms with van der Waals surface area (Å²) in [5, 5.41) is 4.88. The molecule has 2 rings (SSSR count). The fourth-order valence-electron chi connectivity index (χ4n) is 2.75. The van der Waals surface area contributed by atoms with Crippen LogP contribution < -0.4 is 5.32 Å². The SMILES string of the molecule is CCNC(C)c1sc(C2CCCCC2)nc1C. The van der Waals surface area contributed by atoms with Gasteiger partial charge in [-0.15, -0.1) is 11.3 Å². The second-order valence-electron chi connectivity index (χ2n) is 5.12. The molecule has 0 aliphatic heterocycles. The van der Waals surface area contributed by atoms with Gasteiger partial charge in [0.1, 0.15) is 0 Å². The Kier molecular flexibility index (Phi) is 4.57. The Morgan fingerprint density at radius 3 is 2.71 bits per heavy atom. The highest BCUT2D eigenvalue weighted by Gasteiger charge is 2.21. The van der Waals surface area contributed by atoms with Crippen LogP contribution in [0.25, 0.3) is 0 Å². The second-order valence-corrected chi connectivity index (χ2v) is 6.18. The van der Waals surface area contributed by atoms with Crippen molar-refractivity contribution < 1.29 is 0 Å². The van der Waals surface area contributed by atoms with Gasteiger partial charge in [-0.05, 0) is 33.2 Å². The molecule has 1 unspecified atom stereocenters. The molecule has 0 amide bonds. The lowest BCUT2D eigenvalue weighted by atomic mass is 9.90. The molecule has 17 heavy (non-hydrogen) atoms. The summed E-state index contributed by atoms with van der Waals surface area (Å²) in [4.78, 5) is 6.25. The number of aryl methyl sites for hydroxylation is 1. The molecule has 0 aromatic carbocycles. The molecule has 1 fully saturated rings. The fourth-order valence-corrected chi connectivity index (χ4v) is 4.02. The van der Waals surface area contributed by atoms with E-state index in [1.165, 1.54) is 47.7 Å². The normalized spacial score (nSPS) is 19.5. The van der Waals surface area contributed by atoms with E-state index in [1.807, 2.05) is 11.3 Å². The van der Waals surface area contributed by atoms with Crippen molar-refractivity contribution in [2.45, 2.75) is 64.8 Å². The number of rotatable bonds is 4. The zero-order chi connectivity index (χ0) is 12.3. The molecule has 0 bridgehead atoms. The van der Waals surface area contributed by atoms with Crippen LogP contribution in [0.4, 0.5) is 0 Å². The molecule has 1 atom stereocenters. The van der Waals surface area contributed by atoms with E-state index in [2.05, 4.69) is 26.1 Å². The van der Waals surface area contributed by atoms with Crippen molar-refractivity contribution in [1.29, 1.82) is 0 Å². The Labute approximate surface area is 109 Å². The highest BCUT2D eigenvalue weighted by atomic mass is 32.1. The standard InChI is InChI=1S/C14H24N2S/c1-4-15-10(2)13-11(3)16-14(17-13)12-8-6-5-7-9-12/h10,12,15H,4-9H2,1-3H3. The molecule has 96 valence electrons. The minimum Gasteiger partial charge on any atom is -0.310 e. The zero-order valence-electron chi connectivity index (χ0n) is 11.3. The first-order valence-electron chi connectivity index (χ1n) is 6.93. The predicted molar refractivity (Wildman–Crippen MR) is 74.8 cm³/mol. The Bertz CT molecular complexity index is 353. The van der Waals surface area contributed by atoms with E-state index in [0.29, 0.717) is 6.04 Å². The molecule has 1 N–H and O–H groups in total. The molecule has 0 saturated heterocycles. The lowest BCUT2D eigenvalue weighted by Gasteiger charge is -2.19. The van der Waals surface area contributed by atoms with Gasteiger partial charge in [-0.1, -0.05) is 26.2 Å². The smallest absolute Gasteiger partial charge is 0.0962 e. The third kappa shape index (κ3) is 3.08. The largest absolute Gasteiger partial charge is 0.310 e. The van der Waals surface area contributed by atoms with E-state index in [-0.39, 0.29) is 0 Å². The molecule has 3 heteroatoms. The molecule has 2 nitrogen and oxygen atoms in total. The van der Waals surface area contributed by atoms with Crippen LogP contribution in [0.3, 0.4) is 0 Å². The van der Waals surface area contributed by atoms with E-state index >= 15 is 0 Å². The van der Waals surface area contributed by atoms with Crippen molar-refractivity contribution in [3.05, 3.63) is 15.6 Å². The predicted octanol–water partition coefficient (Wildman–Crippen LogP) is 4.17. The van der Waals surface area contributed by atoms with Crippen LogP contribution in [-0.4, -0.2) is 11.5 Å². The van der Waals surface area contributed by atoms with Gasteiger partial charge in [-0.25, -0.2) is 4.98 Å². The number of hydrogen-bond acceptors (Lipinski definition) is 3. The average Bonchev–Trinajstić information content (AvgIpc) is 2.73. The number of hydrogen-bond donors (Lipinski definition) is 1. The van der Waals surface area contributed by atoms with Gasteiger partial charge in [0.15, 0.2) is 0 Å². The maximum Gasteiger partial charge on any atom is 0.0962 e. The van der Waals surface area contributed by atoms with Crippen LogP contribution in [0.15, 0.2) is 0 Å². The Hall–Kier alpha value is -0.410. The fraction of sp³-hybridized carbons (Fsp3) is 0.786. The lowest BCUT2D eigenvalue weighted by Crippen LogP contribution is -2.17. The summed E-state index contributed by atoms with van der Waals surface area (Å²) in [5.74, 6) is 0.745. The minimum atomic E-state index is 0.454. The third-order valence-electron chi connectivity index (χ3n) is 3.71. The summed E-state index contributed by atoms with van der Waals surface area (Å²) in [6.45, 7) is 7.59. The van der Waals surface area contributed by atoms with E-state index in [4.69, 9.17) is 4.98 Å². The first-order chi connectivity index (χ1) is 8.22. The topological polar surface area (TPSA) is 24.9 Å². The molecule has 0 spiro atoms. The van der Waals surface area contributed by atoms with Crippen LogP contribution in [0.5, 0.6) is 0 Å². The molecular weight excluding hydrogens is 228 g/mol. The van der Waals surface area contributed by atoms with Gasteiger partial charge in [0, 0.05) is 16.8 Å². The van der Waals surface area contributed by atoms with E-state index in [9.17, 15) is 0 Å². The minimum absolute atomic E-state index is 0.454. The Morgan fingerprint density at radius 2 is 2.06 bits per heavy atom. The maximum atomic E-state index is 4.82. The third-order valence-corrected chi connectivity index (χ3v) is 5.21. The molecule has 1 aromatic rings. The molecule has 1 saturated carbocycles. The van der Waals surface area contributed by atoms with Crippen molar-refractivity contribution in [3.8, 4) is 0 Å². The Morgan fingerprint density at radius 1 is 1.35 bits per heavy atom. The Balaban J connectivity index is 2.11. The average molecular weight is 252 g/mol. The molecule has 0 radical (unpaired) electrons. The monoisotopic (exact) mass is 252 g/mol.